The van der Waals surface area contributed by atoms with E-state index in [2.05, 4.69) is 25.8 Å². The molecule has 232 valence electrons. The number of nitrogens with one attached hydrogen (secondary N) is 4. The van der Waals surface area contributed by atoms with Crippen LogP contribution in [0.1, 0.15) is 32.3 Å². The third-order valence-electron chi connectivity index (χ3n) is 7.49. The third kappa shape index (κ3) is 7.29. The first-order valence-corrected chi connectivity index (χ1v) is 14.5. The van der Waals surface area contributed by atoms with Crippen LogP contribution in [0.2, 0.25) is 0 Å². The Balaban J connectivity index is 1.41. The number of anilines is 4. The summed E-state index contributed by atoms with van der Waals surface area (Å²) in [6.45, 7) is 7.62. The summed E-state index contributed by atoms with van der Waals surface area (Å²) in [4.78, 5) is 40.2. The van der Waals surface area contributed by atoms with E-state index in [1.807, 2.05) is 37.3 Å². The highest BCUT2D eigenvalue weighted by Gasteiger charge is 2.22. The predicted octanol–water partition coefficient (Wildman–Crippen LogP) is 6.09. The lowest BCUT2D eigenvalue weighted by Gasteiger charge is -2.29. The molecule has 3 aromatic carbocycles. The summed E-state index contributed by atoms with van der Waals surface area (Å²) in [5.74, 6) is 0.0368. The maximum atomic E-state index is 14.3. The van der Waals surface area contributed by atoms with E-state index in [4.69, 9.17) is 20.1 Å². The minimum Gasteiger partial charge on any atom is -0.378 e. The van der Waals surface area contributed by atoms with E-state index >= 15 is 0 Å². The van der Waals surface area contributed by atoms with Crippen LogP contribution in [-0.4, -0.2) is 66.7 Å². The Morgan fingerprint density at radius 3 is 2.27 bits per heavy atom. The van der Waals surface area contributed by atoms with Crippen molar-refractivity contribution in [3.05, 3.63) is 72.0 Å². The van der Waals surface area contributed by atoms with Gasteiger partial charge in [0.15, 0.2) is 5.82 Å². The number of aromatic nitrogens is 2. The van der Waals surface area contributed by atoms with Crippen molar-refractivity contribution in [1.29, 1.82) is 5.41 Å². The van der Waals surface area contributed by atoms with Crippen molar-refractivity contribution in [1.82, 2.24) is 9.97 Å². The first-order chi connectivity index (χ1) is 21.6. The monoisotopic (exact) mass is 610 g/mol. The zero-order valence-corrected chi connectivity index (χ0v) is 25.6. The number of hydrogen-bond acceptors (Lipinski definition) is 8. The molecule has 3 amide bonds. The van der Waals surface area contributed by atoms with Gasteiger partial charge in [-0.15, -0.1) is 0 Å². The summed E-state index contributed by atoms with van der Waals surface area (Å²) < 4.78 is 19.8. The van der Waals surface area contributed by atoms with E-state index in [9.17, 15) is 14.0 Å². The maximum Gasteiger partial charge on any atom is 0.323 e. The predicted molar refractivity (Wildman–Crippen MR) is 177 cm³/mol. The number of aliphatic imine (C=N–C) groups is 1. The quantitative estimate of drug-likeness (QED) is 0.178. The number of halogens is 1. The maximum absolute atomic E-state index is 14.3. The van der Waals surface area contributed by atoms with Gasteiger partial charge in [0.1, 0.15) is 11.6 Å². The molecule has 0 bridgehead atoms. The molecule has 1 aliphatic heterocycles. The van der Waals surface area contributed by atoms with Crippen LogP contribution >= 0.6 is 0 Å². The van der Waals surface area contributed by atoms with Crippen molar-refractivity contribution in [2.24, 2.45) is 4.99 Å². The Bertz CT molecular complexity index is 1790. The number of carbonyl (C=O) groups excluding carboxylic acids is 2. The van der Waals surface area contributed by atoms with Crippen LogP contribution in [0.5, 0.6) is 0 Å². The van der Waals surface area contributed by atoms with Crippen LogP contribution in [0, 0.1) is 11.2 Å². The fourth-order valence-electron chi connectivity index (χ4n) is 5.27. The number of morpholine rings is 1. The largest absolute Gasteiger partial charge is 0.378 e. The highest BCUT2D eigenvalue weighted by Crippen LogP contribution is 2.32. The molecule has 2 heterocycles. The SMILES string of the molecule is CN=C(C)C(C(C)=N)c1ccc2c(N3CCOCC3)nc(-c3ccc(NC(=O)Nc4ccc(NC(C)=O)c(F)c4)cc3)nc2c1. The van der Waals surface area contributed by atoms with Crippen molar-refractivity contribution in [2.75, 3.05) is 54.2 Å². The van der Waals surface area contributed by atoms with Gasteiger partial charge >= 0.3 is 6.03 Å². The average Bonchev–Trinajstić information content (AvgIpc) is 3.02. The topological polar surface area (TPSA) is 145 Å². The number of rotatable bonds is 8. The van der Waals surface area contributed by atoms with E-state index < -0.39 is 17.8 Å². The molecule has 1 unspecified atom stereocenters. The fourth-order valence-corrected chi connectivity index (χ4v) is 5.27. The number of benzene rings is 3. The molecule has 4 aromatic rings. The first-order valence-electron chi connectivity index (χ1n) is 14.5. The van der Waals surface area contributed by atoms with E-state index in [0.717, 1.165) is 39.6 Å². The molecule has 1 aromatic heterocycles. The second-order valence-electron chi connectivity index (χ2n) is 10.8. The van der Waals surface area contributed by atoms with E-state index in [0.29, 0.717) is 43.5 Å². The second kappa shape index (κ2) is 13.6. The molecule has 0 aliphatic carbocycles. The summed E-state index contributed by atoms with van der Waals surface area (Å²) in [6.07, 6.45) is 0. The summed E-state index contributed by atoms with van der Waals surface area (Å²) in [5, 5.41) is 17.0. The minimum atomic E-state index is -0.664. The molecule has 1 saturated heterocycles. The summed E-state index contributed by atoms with van der Waals surface area (Å²) in [5.41, 5.74) is 4.58. The van der Waals surface area contributed by atoms with Gasteiger partial charge in [-0.05, 0) is 74.0 Å². The highest BCUT2D eigenvalue weighted by molar-refractivity contribution is 6.10. The van der Waals surface area contributed by atoms with E-state index in [-0.39, 0.29) is 17.3 Å². The van der Waals surface area contributed by atoms with Gasteiger partial charge in [0, 0.05) is 60.8 Å². The van der Waals surface area contributed by atoms with E-state index in [1.165, 1.54) is 19.1 Å². The number of nitrogens with zero attached hydrogens (tertiary/aromatic N) is 4. The third-order valence-corrected chi connectivity index (χ3v) is 7.49. The number of hydrogen-bond donors (Lipinski definition) is 4. The molecule has 11 nitrogen and oxygen atoms in total. The molecule has 4 N–H and O–H groups in total. The summed E-state index contributed by atoms with van der Waals surface area (Å²) in [6, 6.07) is 16.6. The smallest absolute Gasteiger partial charge is 0.323 e. The minimum absolute atomic E-state index is 0.0301. The van der Waals surface area contributed by atoms with Gasteiger partial charge in [-0.3, -0.25) is 9.79 Å². The number of amides is 3. The second-order valence-corrected chi connectivity index (χ2v) is 10.8. The summed E-state index contributed by atoms with van der Waals surface area (Å²) in [7, 11) is 1.73. The molecule has 5 rings (SSSR count). The Morgan fingerprint density at radius 2 is 1.62 bits per heavy atom. The molecular formula is C33H35FN8O3. The van der Waals surface area contributed by atoms with Crippen LogP contribution in [-0.2, 0) is 9.53 Å². The van der Waals surface area contributed by atoms with Crippen molar-refractivity contribution >= 4 is 57.1 Å². The lowest BCUT2D eigenvalue weighted by atomic mass is 9.90. The van der Waals surface area contributed by atoms with Gasteiger partial charge in [0.05, 0.1) is 30.3 Å². The van der Waals surface area contributed by atoms with Gasteiger partial charge < -0.3 is 31.0 Å². The molecule has 0 spiro atoms. The van der Waals surface area contributed by atoms with Gasteiger partial charge in [-0.25, -0.2) is 19.2 Å². The lowest BCUT2D eigenvalue weighted by molar-refractivity contribution is -0.114. The molecule has 0 saturated carbocycles. The van der Waals surface area contributed by atoms with Crippen molar-refractivity contribution in [3.8, 4) is 11.4 Å². The van der Waals surface area contributed by atoms with Crippen LogP contribution in [0.25, 0.3) is 22.3 Å². The average molecular weight is 611 g/mol. The van der Waals surface area contributed by atoms with Gasteiger partial charge in [0.2, 0.25) is 5.91 Å². The Hall–Kier alpha value is -5.23. The Labute approximate surface area is 260 Å². The normalized spacial score (nSPS) is 14.2. The van der Waals surface area contributed by atoms with Crippen molar-refractivity contribution in [3.63, 3.8) is 0 Å². The molecule has 1 fully saturated rings. The van der Waals surface area contributed by atoms with Crippen molar-refractivity contribution < 1.29 is 18.7 Å². The van der Waals surface area contributed by atoms with Crippen LogP contribution in [0.15, 0.2) is 65.7 Å². The van der Waals surface area contributed by atoms with Crippen LogP contribution in [0.4, 0.5) is 32.1 Å². The molecule has 1 atom stereocenters. The molecule has 12 heteroatoms. The van der Waals surface area contributed by atoms with E-state index in [1.54, 1.807) is 26.1 Å². The number of urea groups is 1. The van der Waals surface area contributed by atoms with Crippen LogP contribution in [0.3, 0.4) is 0 Å². The molecular weight excluding hydrogens is 575 g/mol. The standard InChI is InChI=1S/C33H35FN8O3/c1-19(35)30(20(2)36-4)23-7-11-26-29(17-23)40-31(41-32(26)42-13-15-45-16-14-42)22-5-8-24(9-6-22)38-33(44)39-25-10-12-28(27(34)18-25)37-21(3)43/h5-12,17-18,30,35H,13-16H2,1-4H3,(H,37,43)(H2,38,39,44). The van der Waals surface area contributed by atoms with Gasteiger partial charge in [-0.2, -0.15) is 0 Å². The number of ether oxygens (including phenoxy) is 1. The lowest BCUT2D eigenvalue weighted by Crippen LogP contribution is -2.37. The Morgan fingerprint density at radius 1 is 0.933 bits per heavy atom. The zero-order valence-electron chi connectivity index (χ0n) is 25.6. The zero-order chi connectivity index (χ0) is 32.1. The van der Waals surface area contributed by atoms with Gasteiger partial charge in [0.25, 0.3) is 0 Å². The molecule has 45 heavy (non-hydrogen) atoms. The molecule has 0 radical (unpaired) electrons. The Kier molecular flexibility index (Phi) is 9.43. The fraction of sp³-hybridized carbons (Fsp3) is 0.273. The van der Waals surface area contributed by atoms with Crippen LogP contribution < -0.4 is 20.9 Å². The van der Waals surface area contributed by atoms with Gasteiger partial charge in [-0.1, -0.05) is 6.07 Å². The van der Waals surface area contributed by atoms with Crippen molar-refractivity contribution in [2.45, 2.75) is 26.7 Å². The highest BCUT2D eigenvalue weighted by atomic mass is 19.1. The first kappa shape index (κ1) is 31.2. The summed E-state index contributed by atoms with van der Waals surface area (Å²) >= 11 is 0. The molecule has 1 aliphatic rings. The number of carbonyl (C=O) groups is 2. The number of fused-ring (bicyclic) bond motifs is 1.